The summed E-state index contributed by atoms with van der Waals surface area (Å²) < 4.78 is 45.2. The van der Waals surface area contributed by atoms with Gasteiger partial charge in [0.1, 0.15) is 86.4 Å². The molecule has 0 atom stereocenters. The molecule has 5 aromatic carbocycles. The van der Waals surface area contributed by atoms with Crippen LogP contribution in [0.1, 0.15) is 41.5 Å². The lowest BCUT2D eigenvalue weighted by Crippen LogP contribution is -2.25. The zero-order valence-electron chi connectivity index (χ0n) is 35.5. The van der Waals surface area contributed by atoms with Crippen LogP contribution in [0.2, 0.25) is 0 Å². The summed E-state index contributed by atoms with van der Waals surface area (Å²) in [4.78, 5) is 13.2. The summed E-state index contributed by atoms with van der Waals surface area (Å²) in [7, 11) is 0.218. The number of carbonyl (C=O) groups excluding carboxylic acids is 1. The SMILES string of the molecule is C=C(OCCOc1ccc(-c2cc(-c3ccc(OCCOC(=O)OC(C)(C)C)cc3)cc(-c3ccc(OCCOc4ccc([S+](C)C)cc4)cc3)c2)cc1)OC(C)(C)C. The molecule has 59 heavy (non-hydrogen) atoms. The number of hydrogen-bond acceptors (Lipinski definition) is 9. The summed E-state index contributed by atoms with van der Waals surface area (Å²) >= 11 is 0. The van der Waals surface area contributed by atoms with Gasteiger partial charge >= 0.3 is 6.16 Å². The van der Waals surface area contributed by atoms with Gasteiger partial charge in [0.2, 0.25) is 0 Å². The molecule has 0 aromatic heterocycles. The summed E-state index contributed by atoms with van der Waals surface area (Å²) in [6.45, 7) is 16.8. The minimum absolute atomic E-state index is 0.0760. The summed E-state index contributed by atoms with van der Waals surface area (Å²) in [5, 5.41) is 0. The Labute approximate surface area is 352 Å². The highest BCUT2D eigenvalue weighted by Gasteiger charge is 2.17. The fourth-order valence-electron chi connectivity index (χ4n) is 5.74. The largest absolute Gasteiger partial charge is 0.508 e. The quantitative estimate of drug-likeness (QED) is 0.0349. The monoisotopic (exact) mass is 821 g/mol. The van der Waals surface area contributed by atoms with Crippen molar-refractivity contribution in [1.82, 2.24) is 0 Å². The molecule has 0 saturated heterocycles. The first-order valence-electron chi connectivity index (χ1n) is 19.6. The van der Waals surface area contributed by atoms with Gasteiger partial charge in [-0.1, -0.05) is 36.4 Å². The van der Waals surface area contributed by atoms with E-state index in [1.807, 2.05) is 81.4 Å². The number of carbonyl (C=O) groups is 1. The van der Waals surface area contributed by atoms with Crippen LogP contribution >= 0.6 is 0 Å². The molecule has 0 bridgehead atoms. The van der Waals surface area contributed by atoms with Crippen molar-refractivity contribution in [2.75, 3.05) is 52.2 Å². The second-order valence-corrected chi connectivity index (χ2v) is 17.9. The summed E-state index contributed by atoms with van der Waals surface area (Å²) in [6.07, 6.45) is 3.69. The molecule has 312 valence electrons. The van der Waals surface area contributed by atoms with Gasteiger partial charge in [-0.15, -0.1) is 0 Å². The fraction of sp³-hybridized carbons (Fsp3) is 0.327. The lowest BCUT2D eigenvalue weighted by molar-refractivity contribution is -0.0473. The van der Waals surface area contributed by atoms with Crippen molar-refractivity contribution >= 4 is 17.1 Å². The zero-order chi connectivity index (χ0) is 42.4. The molecule has 10 heteroatoms. The Morgan fingerprint density at radius 1 is 0.458 bits per heavy atom. The van der Waals surface area contributed by atoms with Crippen LogP contribution in [0.25, 0.3) is 33.4 Å². The van der Waals surface area contributed by atoms with Crippen molar-refractivity contribution in [2.24, 2.45) is 0 Å². The average molecular weight is 822 g/mol. The predicted octanol–water partition coefficient (Wildman–Crippen LogP) is 11.4. The number of rotatable bonds is 19. The first-order valence-corrected chi connectivity index (χ1v) is 21.7. The first-order chi connectivity index (χ1) is 28.1. The first kappa shape index (κ1) is 44.4. The Morgan fingerprint density at radius 3 is 1.12 bits per heavy atom. The molecule has 0 unspecified atom stereocenters. The van der Waals surface area contributed by atoms with Crippen LogP contribution in [0.15, 0.2) is 133 Å². The van der Waals surface area contributed by atoms with Crippen LogP contribution in [0.3, 0.4) is 0 Å². The molecule has 5 aromatic rings. The standard InChI is InChI=1S/C49H57O9S/c1-35(57-48(2,3)4)51-26-27-52-42-16-10-36(11-17-42)39-32-40(37-12-18-43(19-13-37)53-28-29-54-45-22-24-46(25-23-45)59(8)9)34-41(33-39)38-14-20-44(21-15-38)55-30-31-56-47(50)58-49(5,6)7/h10-25,32-34H,1,26-31H2,2-9H3/q+1. The van der Waals surface area contributed by atoms with Crippen molar-refractivity contribution in [3.63, 3.8) is 0 Å². The molecule has 0 heterocycles. The molecule has 0 spiro atoms. The fourth-order valence-corrected chi connectivity index (χ4v) is 6.42. The Bertz CT molecular complexity index is 1980. The van der Waals surface area contributed by atoms with E-state index in [1.54, 1.807) is 20.8 Å². The van der Waals surface area contributed by atoms with Gasteiger partial charge in [0.15, 0.2) is 4.90 Å². The molecule has 0 aliphatic rings. The second kappa shape index (κ2) is 20.8. The molecule has 0 saturated carbocycles. The molecule has 0 fully saturated rings. The van der Waals surface area contributed by atoms with E-state index in [0.29, 0.717) is 32.2 Å². The summed E-state index contributed by atoms with van der Waals surface area (Å²) in [5.41, 5.74) is 5.23. The maximum absolute atomic E-state index is 11.9. The van der Waals surface area contributed by atoms with Crippen LogP contribution in [-0.4, -0.2) is 69.5 Å². The van der Waals surface area contributed by atoms with Crippen LogP contribution in [0.5, 0.6) is 23.0 Å². The highest BCUT2D eigenvalue weighted by atomic mass is 32.2. The van der Waals surface area contributed by atoms with E-state index >= 15 is 0 Å². The zero-order valence-corrected chi connectivity index (χ0v) is 36.3. The van der Waals surface area contributed by atoms with E-state index in [0.717, 1.165) is 50.6 Å². The van der Waals surface area contributed by atoms with Crippen LogP contribution in [0.4, 0.5) is 4.79 Å². The van der Waals surface area contributed by atoms with E-state index in [4.69, 9.17) is 37.9 Å². The molecule has 9 nitrogen and oxygen atoms in total. The summed E-state index contributed by atoms with van der Waals surface area (Å²) in [5.74, 6) is 3.27. The van der Waals surface area contributed by atoms with Crippen molar-refractivity contribution in [1.29, 1.82) is 0 Å². The van der Waals surface area contributed by atoms with Crippen LogP contribution in [-0.2, 0) is 29.8 Å². The Morgan fingerprint density at radius 2 is 0.780 bits per heavy atom. The van der Waals surface area contributed by atoms with Gasteiger partial charge in [-0.2, -0.15) is 0 Å². The maximum Gasteiger partial charge on any atom is 0.508 e. The molecule has 0 aliphatic carbocycles. The van der Waals surface area contributed by atoms with Crippen molar-refractivity contribution < 1.29 is 42.7 Å². The van der Waals surface area contributed by atoms with Gasteiger partial charge < -0.3 is 37.9 Å². The van der Waals surface area contributed by atoms with Crippen LogP contribution < -0.4 is 18.9 Å². The third-order valence-corrected chi connectivity index (χ3v) is 9.62. The Hall–Kier alpha value is -5.74. The van der Waals surface area contributed by atoms with Gasteiger partial charge in [-0.3, -0.25) is 0 Å². The Kier molecular flexibility index (Phi) is 15.6. The van der Waals surface area contributed by atoms with Crippen LogP contribution in [0, 0.1) is 0 Å². The normalized spacial score (nSPS) is 11.4. The van der Waals surface area contributed by atoms with Gasteiger partial charge in [-0.25, -0.2) is 4.79 Å². The Balaban J connectivity index is 1.26. The molecule has 0 aliphatic heterocycles. The van der Waals surface area contributed by atoms with Gasteiger partial charge in [0, 0.05) is 10.9 Å². The minimum atomic E-state index is -0.718. The maximum atomic E-state index is 11.9. The molecule has 0 radical (unpaired) electrons. The lowest BCUT2D eigenvalue weighted by Gasteiger charge is -2.22. The molecule has 5 rings (SSSR count). The van der Waals surface area contributed by atoms with E-state index in [2.05, 4.69) is 73.7 Å². The second-order valence-electron chi connectivity index (χ2n) is 15.8. The van der Waals surface area contributed by atoms with Gasteiger partial charge in [0.25, 0.3) is 5.95 Å². The summed E-state index contributed by atoms with van der Waals surface area (Å²) in [6, 6.07) is 38.8. The predicted molar refractivity (Wildman–Crippen MR) is 237 cm³/mol. The van der Waals surface area contributed by atoms with Gasteiger partial charge in [-0.05, 0) is 160 Å². The van der Waals surface area contributed by atoms with E-state index < -0.39 is 11.8 Å². The number of benzene rings is 5. The highest BCUT2D eigenvalue weighted by molar-refractivity contribution is 7.95. The van der Waals surface area contributed by atoms with E-state index in [-0.39, 0.29) is 35.7 Å². The smallest absolute Gasteiger partial charge is 0.490 e. The van der Waals surface area contributed by atoms with Crippen molar-refractivity contribution in [3.8, 4) is 56.4 Å². The molecular weight excluding hydrogens is 765 g/mol. The molecule has 0 N–H and O–H groups in total. The van der Waals surface area contributed by atoms with E-state index in [9.17, 15) is 4.79 Å². The number of hydrogen-bond donors (Lipinski definition) is 0. The van der Waals surface area contributed by atoms with Crippen molar-refractivity contribution in [3.05, 3.63) is 128 Å². The lowest BCUT2D eigenvalue weighted by atomic mass is 9.93. The van der Waals surface area contributed by atoms with E-state index in [1.165, 1.54) is 4.90 Å². The molecule has 0 amide bonds. The third kappa shape index (κ3) is 15.2. The van der Waals surface area contributed by atoms with Gasteiger partial charge in [0.05, 0.1) is 0 Å². The highest BCUT2D eigenvalue weighted by Crippen LogP contribution is 2.35. The molecular formula is C49H57O9S+. The topological polar surface area (TPSA) is 90.9 Å². The van der Waals surface area contributed by atoms with Crippen molar-refractivity contribution in [2.45, 2.75) is 57.6 Å². The third-order valence-electron chi connectivity index (χ3n) is 8.41. The minimum Gasteiger partial charge on any atom is -0.490 e. The number of ether oxygens (including phenoxy) is 8. The average Bonchev–Trinajstić information content (AvgIpc) is 3.19.